The molecule has 132 valence electrons. The number of aliphatic hydroxyl groups excluding tert-OH is 1. The summed E-state index contributed by atoms with van der Waals surface area (Å²) in [6, 6.07) is 8.51. The molecule has 0 aliphatic carbocycles. The second-order valence-corrected chi connectivity index (χ2v) is 7.11. The van der Waals surface area contributed by atoms with Crippen LogP contribution in [-0.2, 0) is 11.3 Å². The Labute approximate surface area is 144 Å². The van der Waals surface area contributed by atoms with Gasteiger partial charge in [-0.2, -0.15) is 0 Å². The molecule has 2 saturated heterocycles. The molecule has 5 nitrogen and oxygen atoms in total. The Hall–Kier alpha value is -1.43. The van der Waals surface area contributed by atoms with E-state index in [1.807, 2.05) is 4.90 Å². The van der Waals surface area contributed by atoms with E-state index in [9.17, 15) is 9.90 Å². The summed E-state index contributed by atoms with van der Waals surface area (Å²) < 4.78 is 0. The van der Waals surface area contributed by atoms with Gasteiger partial charge >= 0.3 is 0 Å². The van der Waals surface area contributed by atoms with Crippen LogP contribution >= 0.6 is 0 Å². The molecule has 0 saturated carbocycles. The van der Waals surface area contributed by atoms with Gasteiger partial charge in [-0.3, -0.25) is 14.6 Å². The van der Waals surface area contributed by atoms with Crippen molar-refractivity contribution in [3.05, 3.63) is 35.4 Å². The van der Waals surface area contributed by atoms with Crippen LogP contribution < -0.4 is 0 Å². The highest BCUT2D eigenvalue weighted by molar-refractivity contribution is 5.78. The predicted molar refractivity (Wildman–Crippen MR) is 94.7 cm³/mol. The zero-order chi connectivity index (χ0) is 16.9. The largest absolute Gasteiger partial charge is 0.392 e. The smallest absolute Gasteiger partial charge is 0.236 e. The maximum atomic E-state index is 12.5. The number of nitrogens with zero attached hydrogens (tertiary/aromatic N) is 3. The van der Waals surface area contributed by atoms with Gasteiger partial charge in [0.05, 0.1) is 12.6 Å². The minimum atomic E-state index is -0.266. The molecule has 2 aliphatic heterocycles. The summed E-state index contributed by atoms with van der Waals surface area (Å²) in [6.07, 6.45) is 1.58. The molecule has 0 aromatic heterocycles. The number of piperazine rings is 1. The number of likely N-dealkylation sites (tertiary alicyclic amines) is 1. The summed E-state index contributed by atoms with van der Waals surface area (Å²) in [5.74, 6) is 0.208. The topological polar surface area (TPSA) is 47.0 Å². The van der Waals surface area contributed by atoms with Crippen molar-refractivity contribution in [3.63, 3.8) is 0 Å². The number of piperidine rings is 1. The van der Waals surface area contributed by atoms with E-state index in [1.54, 1.807) is 0 Å². The van der Waals surface area contributed by atoms with Crippen LogP contribution in [0.4, 0.5) is 0 Å². The van der Waals surface area contributed by atoms with Crippen molar-refractivity contribution in [1.29, 1.82) is 0 Å². The molecule has 5 heteroatoms. The summed E-state index contributed by atoms with van der Waals surface area (Å²) in [6.45, 7) is 8.62. The molecule has 1 amide bonds. The van der Waals surface area contributed by atoms with E-state index in [2.05, 4.69) is 41.0 Å². The third-order valence-electron chi connectivity index (χ3n) is 5.22. The van der Waals surface area contributed by atoms with Gasteiger partial charge in [0.1, 0.15) is 0 Å². The van der Waals surface area contributed by atoms with Gasteiger partial charge in [0.25, 0.3) is 0 Å². The standard InChI is InChI=1S/C19H29N3O2/c1-16-5-2-3-6-17(16)13-20-9-11-22(12-10-20)19(24)15-21-8-4-7-18(23)14-21/h2-3,5-6,18,23H,4,7-15H2,1H3/t18-/m1/s1. The molecule has 0 radical (unpaired) electrons. The summed E-state index contributed by atoms with van der Waals surface area (Å²) in [7, 11) is 0. The van der Waals surface area contributed by atoms with Crippen LogP contribution in [0.2, 0.25) is 0 Å². The molecule has 1 atom stereocenters. The number of β-amino-alcohol motifs (C(OH)–C–C–N with tert-alkyl or cyclic N) is 1. The van der Waals surface area contributed by atoms with Gasteiger partial charge in [-0.1, -0.05) is 24.3 Å². The Kier molecular flexibility index (Phi) is 5.87. The zero-order valence-corrected chi connectivity index (χ0v) is 14.7. The molecule has 0 unspecified atom stereocenters. The average molecular weight is 331 g/mol. The highest BCUT2D eigenvalue weighted by Crippen LogP contribution is 2.14. The first-order valence-corrected chi connectivity index (χ1v) is 9.07. The molecule has 24 heavy (non-hydrogen) atoms. The van der Waals surface area contributed by atoms with Gasteiger partial charge in [-0.15, -0.1) is 0 Å². The Morgan fingerprint density at radius 2 is 1.88 bits per heavy atom. The van der Waals surface area contributed by atoms with Crippen molar-refractivity contribution < 1.29 is 9.90 Å². The van der Waals surface area contributed by atoms with Crippen LogP contribution in [0, 0.1) is 6.92 Å². The maximum Gasteiger partial charge on any atom is 0.236 e. The molecule has 0 bridgehead atoms. The van der Waals surface area contributed by atoms with E-state index < -0.39 is 0 Å². The molecule has 3 rings (SSSR count). The summed E-state index contributed by atoms with van der Waals surface area (Å²) in [5.41, 5.74) is 2.71. The SMILES string of the molecule is Cc1ccccc1CN1CCN(C(=O)CN2CCC[C@@H](O)C2)CC1. The number of benzene rings is 1. The fourth-order valence-corrected chi connectivity index (χ4v) is 3.65. The number of rotatable bonds is 4. The summed E-state index contributed by atoms with van der Waals surface area (Å²) >= 11 is 0. The quantitative estimate of drug-likeness (QED) is 0.897. The lowest BCUT2D eigenvalue weighted by Crippen LogP contribution is -2.52. The van der Waals surface area contributed by atoms with Crippen LogP contribution in [0.25, 0.3) is 0 Å². The molecule has 1 N–H and O–H groups in total. The molecular formula is C19H29N3O2. The molecular weight excluding hydrogens is 302 g/mol. The molecule has 2 heterocycles. The fourth-order valence-electron chi connectivity index (χ4n) is 3.65. The third kappa shape index (κ3) is 4.56. The van der Waals surface area contributed by atoms with Gasteiger partial charge < -0.3 is 10.0 Å². The Morgan fingerprint density at radius 1 is 1.12 bits per heavy atom. The fraction of sp³-hybridized carbons (Fsp3) is 0.632. The summed E-state index contributed by atoms with van der Waals surface area (Å²) in [4.78, 5) is 19.0. The van der Waals surface area contributed by atoms with Crippen molar-refractivity contribution >= 4 is 5.91 Å². The van der Waals surface area contributed by atoms with Crippen molar-refractivity contribution in [2.75, 3.05) is 45.8 Å². The number of aliphatic hydroxyl groups is 1. The minimum Gasteiger partial charge on any atom is -0.392 e. The highest BCUT2D eigenvalue weighted by Gasteiger charge is 2.25. The lowest BCUT2D eigenvalue weighted by Gasteiger charge is -2.37. The Morgan fingerprint density at radius 3 is 2.58 bits per heavy atom. The van der Waals surface area contributed by atoms with Crippen molar-refractivity contribution in [3.8, 4) is 0 Å². The third-order valence-corrected chi connectivity index (χ3v) is 5.22. The highest BCUT2D eigenvalue weighted by atomic mass is 16.3. The summed E-state index contributed by atoms with van der Waals surface area (Å²) in [5, 5.41) is 9.73. The number of hydrogen-bond donors (Lipinski definition) is 1. The average Bonchev–Trinajstić information content (AvgIpc) is 2.57. The Bertz CT molecular complexity index is 555. The lowest BCUT2D eigenvalue weighted by atomic mass is 10.1. The normalized spacial score (nSPS) is 23.4. The number of hydrogen-bond acceptors (Lipinski definition) is 4. The molecule has 0 spiro atoms. The van der Waals surface area contributed by atoms with Crippen LogP contribution in [-0.4, -0.2) is 77.6 Å². The van der Waals surface area contributed by atoms with Crippen molar-refractivity contribution in [2.24, 2.45) is 0 Å². The maximum absolute atomic E-state index is 12.5. The van der Waals surface area contributed by atoms with E-state index in [0.717, 1.165) is 52.1 Å². The Balaban J connectivity index is 1.44. The number of aryl methyl sites for hydroxylation is 1. The van der Waals surface area contributed by atoms with Crippen molar-refractivity contribution in [2.45, 2.75) is 32.4 Å². The first-order chi connectivity index (χ1) is 11.6. The second-order valence-electron chi connectivity index (χ2n) is 7.11. The second kappa shape index (κ2) is 8.10. The van der Waals surface area contributed by atoms with Gasteiger partial charge in [0, 0.05) is 39.3 Å². The minimum absolute atomic E-state index is 0.208. The van der Waals surface area contributed by atoms with Gasteiger partial charge in [0.15, 0.2) is 0 Å². The van der Waals surface area contributed by atoms with Crippen molar-refractivity contribution in [1.82, 2.24) is 14.7 Å². The van der Waals surface area contributed by atoms with Crippen LogP contribution in [0.5, 0.6) is 0 Å². The molecule has 1 aromatic rings. The first kappa shape index (κ1) is 17.4. The van der Waals surface area contributed by atoms with E-state index in [4.69, 9.17) is 0 Å². The lowest BCUT2D eigenvalue weighted by molar-refractivity contribution is -0.134. The monoisotopic (exact) mass is 331 g/mol. The van der Waals surface area contributed by atoms with E-state index >= 15 is 0 Å². The van der Waals surface area contributed by atoms with Gasteiger partial charge in [-0.25, -0.2) is 0 Å². The zero-order valence-electron chi connectivity index (χ0n) is 14.7. The number of carbonyl (C=O) groups excluding carboxylic acids is 1. The van der Waals surface area contributed by atoms with Crippen LogP contribution in [0.3, 0.4) is 0 Å². The number of carbonyl (C=O) groups is 1. The van der Waals surface area contributed by atoms with Gasteiger partial charge in [-0.05, 0) is 37.4 Å². The molecule has 2 aliphatic rings. The predicted octanol–water partition coefficient (Wildman–Crippen LogP) is 1.10. The molecule has 2 fully saturated rings. The number of amides is 1. The van der Waals surface area contributed by atoms with Gasteiger partial charge in [0.2, 0.25) is 5.91 Å². The van der Waals surface area contributed by atoms with Crippen LogP contribution in [0.1, 0.15) is 24.0 Å². The van der Waals surface area contributed by atoms with E-state index in [1.165, 1.54) is 11.1 Å². The van der Waals surface area contributed by atoms with Crippen LogP contribution in [0.15, 0.2) is 24.3 Å². The first-order valence-electron chi connectivity index (χ1n) is 9.07. The van der Waals surface area contributed by atoms with E-state index in [0.29, 0.717) is 13.1 Å². The molecule has 1 aromatic carbocycles. The van der Waals surface area contributed by atoms with E-state index in [-0.39, 0.29) is 12.0 Å².